The minimum absolute atomic E-state index is 0.0583. The SMILES string of the molecule is ClC(Cl)(Cl)C(CCc1ccccc1)CCc1ccccc1. The molecular weight excluding hydrogens is 323 g/mol. The van der Waals surface area contributed by atoms with Crippen molar-refractivity contribution >= 4 is 34.8 Å². The number of hydrogen-bond donors (Lipinski definition) is 0. The zero-order valence-corrected chi connectivity index (χ0v) is 14.1. The number of aryl methyl sites for hydroxylation is 2. The lowest BCUT2D eigenvalue weighted by atomic mass is 9.94. The number of alkyl halides is 3. The molecule has 0 saturated carbocycles. The Kier molecular flexibility index (Phi) is 6.41. The third kappa shape index (κ3) is 5.90. The Morgan fingerprint density at radius 1 is 0.667 bits per heavy atom. The van der Waals surface area contributed by atoms with Gasteiger partial charge in [-0.1, -0.05) is 95.5 Å². The van der Waals surface area contributed by atoms with Crippen LogP contribution in [0.3, 0.4) is 0 Å². The van der Waals surface area contributed by atoms with Crippen molar-refractivity contribution in [3.63, 3.8) is 0 Å². The summed E-state index contributed by atoms with van der Waals surface area (Å²) in [6, 6.07) is 20.7. The first-order valence-corrected chi connectivity index (χ1v) is 8.33. The van der Waals surface area contributed by atoms with E-state index in [0.717, 1.165) is 25.7 Å². The quantitative estimate of drug-likeness (QED) is 0.546. The highest BCUT2D eigenvalue weighted by Gasteiger charge is 2.31. The van der Waals surface area contributed by atoms with Crippen LogP contribution in [0, 0.1) is 5.92 Å². The Balaban J connectivity index is 1.92. The van der Waals surface area contributed by atoms with Gasteiger partial charge in [-0.2, -0.15) is 0 Å². The molecular formula is C18H19Cl3. The highest BCUT2D eigenvalue weighted by Crippen LogP contribution is 2.40. The topological polar surface area (TPSA) is 0 Å². The van der Waals surface area contributed by atoms with E-state index >= 15 is 0 Å². The average Bonchev–Trinajstić information content (AvgIpc) is 2.48. The Bertz CT molecular complexity index is 474. The fourth-order valence-electron chi connectivity index (χ4n) is 2.44. The lowest BCUT2D eigenvalue weighted by Crippen LogP contribution is -2.21. The summed E-state index contributed by atoms with van der Waals surface area (Å²) in [5, 5.41) is 0. The zero-order valence-electron chi connectivity index (χ0n) is 11.8. The van der Waals surface area contributed by atoms with Crippen molar-refractivity contribution < 1.29 is 0 Å². The van der Waals surface area contributed by atoms with Crippen LogP contribution in [0.2, 0.25) is 0 Å². The number of benzene rings is 2. The third-order valence-electron chi connectivity index (χ3n) is 3.71. The molecule has 21 heavy (non-hydrogen) atoms. The van der Waals surface area contributed by atoms with Crippen molar-refractivity contribution in [1.29, 1.82) is 0 Å². The summed E-state index contributed by atoms with van der Waals surface area (Å²) in [6.07, 6.45) is 3.64. The molecule has 0 radical (unpaired) electrons. The minimum Gasteiger partial charge on any atom is -0.0834 e. The van der Waals surface area contributed by atoms with Crippen molar-refractivity contribution in [2.24, 2.45) is 5.92 Å². The minimum atomic E-state index is -1.20. The van der Waals surface area contributed by atoms with E-state index in [1.807, 2.05) is 36.4 Å². The molecule has 0 aliphatic heterocycles. The second kappa shape index (κ2) is 8.08. The Labute approximate surface area is 142 Å². The summed E-state index contributed by atoms with van der Waals surface area (Å²) in [5.74, 6) is 0.0583. The van der Waals surface area contributed by atoms with E-state index < -0.39 is 3.79 Å². The van der Waals surface area contributed by atoms with Crippen LogP contribution in [0.25, 0.3) is 0 Å². The Hall–Kier alpha value is -0.690. The summed E-state index contributed by atoms with van der Waals surface area (Å²) in [7, 11) is 0. The van der Waals surface area contributed by atoms with Gasteiger partial charge in [0, 0.05) is 5.92 Å². The van der Waals surface area contributed by atoms with Crippen molar-refractivity contribution in [2.45, 2.75) is 29.5 Å². The van der Waals surface area contributed by atoms with Crippen LogP contribution in [-0.2, 0) is 12.8 Å². The maximum absolute atomic E-state index is 6.16. The molecule has 0 unspecified atom stereocenters. The normalized spacial score (nSPS) is 11.8. The summed E-state index contributed by atoms with van der Waals surface area (Å²) >= 11 is 18.5. The molecule has 0 atom stereocenters. The van der Waals surface area contributed by atoms with Gasteiger partial charge in [-0.25, -0.2) is 0 Å². The standard InChI is InChI=1S/C18H19Cl3/c19-18(20,21)17(13-11-15-7-3-1-4-8-15)14-12-16-9-5-2-6-10-16/h1-10,17H,11-14H2. The van der Waals surface area contributed by atoms with Gasteiger partial charge in [-0.3, -0.25) is 0 Å². The first-order chi connectivity index (χ1) is 10.1. The van der Waals surface area contributed by atoms with Gasteiger partial charge < -0.3 is 0 Å². The smallest absolute Gasteiger partial charge is 0.0834 e. The lowest BCUT2D eigenvalue weighted by Gasteiger charge is -2.24. The van der Waals surface area contributed by atoms with Crippen molar-refractivity contribution in [3.8, 4) is 0 Å². The monoisotopic (exact) mass is 340 g/mol. The van der Waals surface area contributed by atoms with Gasteiger partial charge in [0.05, 0.1) is 0 Å². The second-order valence-electron chi connectivity index (χ2n) is 5.29. The molecule has 0 fully saturated rings. The van der Waals surface area contributed by atoms with Gasteiger partial charge in [0.25, 0.3) is 0 Å². The molecule has 2 rings (SSSR count). The molecule has 0 aliphatic rings. The van der Waals surface area contributed by atoms with Crippen LogP contribution in [0.4, 0.5) is 0 Å². The van der Waals surface area contributed by atoms with Gasteiger partial charge in [0.15, 0.2) is 3.79 Å². The van der Waals surface area contributed by atoms with Crippen molar-refractivity contribution in [1.82, 2.24) is 0 Å². The molecule has 0 N–H and O–H groups in total. The maximum atomic E-state index is 6.16. The Morgan fingerprint density at radius 2 is 1.05 bits per heavy atom. The zero-order chi connectivity index (χ0) is 15.1. The van der Waals surface area contributed by atoms with Crippen LogP contribution >= 0.6 is 34.8 Å². The highest BCUT2D eigenvalue weighted by atomic mass is 35.6. The molecule has 0 aliphatic carbocycles. The molecule has 2 aromatic carbocycles. The number of halogens is 3. The Morgan fingerprint density at radius 3 is 1.38 bits per heavy atom. The lowest BCUT2D eigenvalue weighted by molar-refractivity contribution is 0.458. The molecule has 0 aromatic heterocycles. The summed E-state index contributed by atoms with van der Waals surface area (Å²) < 4.78 is -1.20. The first-order valence-electron chi connectivity index (χ1n) is 7.20. The molecule has 0 spiro atoms. The van der Waals surface area contributed by atoms with Gasteiger partial charge in [0.2, 0.25) is 0 Å². The van der Waals surface area contributed by atoms with E-state index in [2.05, 4.69) is 24.3 Å². The van der Waals surface area contributed by atoms with Gasteiger partial charge in [0.1, 0.15) is 0 Å². The van der Waals surface area contributed by atoms with E-state index in [9.17, 15) is 0 Å². The second-order valence-corrected chi connectivity index (χ2v) is 7.66. The van der Waals surface area contributed by atoms with E-state index in [0.29, 0.717) is 0 Å². The highest BCUT2D eigenvalue weighted by molar-refractivity contribution is 6.67. The van der Waals surface area contributed by atoms with Crippen LogP contribution in [0.1, 0.15) is 24.0 Å². The molecule has 3 heteroatoms. The van der Waals surface area contributed by atoms with Crippen molar-refractivity contribution in [2.75, 3.05) is 0 Å². The van der Waals surface area contributed by atoms with E-state index in [1.54, 1.807) is 0 Å². The summed E-state index contributed by atoms with van der Waals surface area (Å²) in [4.78, 5) is 0. The number of rotatable bonds is 6. The van der Waals surface area contributed by atoms with Gasteiger partial charge in [-0.05, 0) is 36.8 Å². The van der Waals surface area contributed by atoms with E-state index in [4.69, 9.17) is 34.8 Å². The summed E-state index contributed by atoms with van der Waals surface area (Å²) in [6.45, 7) is 0. The van der Waals surface area contributed by atoms with Gasteiger partial charge in [-0.15, -0.1) is 0 Å². The van der Waals surface area contributed by atoms with Crippen LogP contribution in [-0.4, -0.2) is 3.79 Å². The third-order valence-corrected chi connectivity index (χ3v) is 4.64. The van der Waals surface area contributed by atoms with E-state index in [1.165, 1.54) is 11.1 Å². The van der Waals surface area contributed by atoms with Crippen molar-refractivity contribution in [3.05, 3.63) is 71.8 Å². The molecule has 0 heterocycles. The van der Waals surface area contributed by atoms with Crippen LogP contribution in [0.5, 0.6) is 0 Å². The fourth-order valence-corrected chi connectivity index (χ4v) is 3.10. The predicted molar refractivity (Wildman–Crippen MR) is 93.3 cm³/mol. The molecule has 0 saturated heterocycles. The predicted octanol–water partition coefficient (Wildman–Crippen LogP) is 6.24. The molecule has 2 aromatic rings. The molecule has 0 bridgehead atoms. The maximum Gasteiger partial charge on any atom is 0.193 e. The summed E-state index contributed by atoms with van der Waals surface area (Å²) in [5.41, 5.74) is 2.58. The molecule has 0 nitrogen and oxygen atoms in total. The number of hydrogen-bond acceptors (Lipinski definition) is 0. The van der Waals surface area contributed by atoms with Crippen LogP contribution in [0.15, 0.2) is 60.7 Å². The largest absolute Gasteiger partial charge is 0.193 e. The van der Waals surface area contributed by atoms with Gasteiger partial charge >= 0.3 is 0 Å². The van der Waals surface area contributed by atoms with E-state index in [-0.39, 0.29) is 5.92 Å². The van der Waals surface area contributed by atoms with Crippen LogP contribution < -0.4 is 0 Å². The average molecular weight is 342 g/mol. The fraction of sp³-hybridized carbons (Fsp3) is 0.333. The first kappa shape index (κ1) is 16.7. The molecule has 0 amide bonds. The molecule has 112 valence electrons.